The third-order valence-corrected chi connectivity index (χ3v) is 5.71. The number of unbranched alkanes of at least 4 members (excludes halogenated alkanes) is 3. The Morgan fingerprint density at radius 2 is 2.10 bits per heavy atom. The van der Waals surface area contributed by atoms with Crippen molar-refractivity contribution in [3.8, 4) is 16.3 Å². The number of aryl methyl sites for hydroxylation is 2. The van der Waals surface area contributed by atoms with Crippen molar-refractivity contribution >= 4 is 28.3 Å². The molecule has 3 N–H and O–H groups in total. The van der Waals surface area contributed by atoms with E-state index in [2.05, 4.69) is 17.6 Å². The molecule has 0 spiro atoms. The number of aromatic nitrogens is 1. The topological polar surface area (TPSA) is 97.0 Å². The first-order valence-corrected chi connectivity index (χ1v) is 10.8. The Morgan fingerprint density at radius 3 is 2.76 bits per heavy atom. The number of nitrogens with zero attached hydrogens (tertiary/aromatic N) is 1. The van der Waals surface area contributed by atoms with E-state index < -0.39 is 12.0 Å². The average molecular weight is 416 g/mol. The molecular weight excluding hydrogens is 388 g/mol. The number of ether oxygens (including phenoxy) is 1. The molecular formula is C22H27N2O4S+. The third kappa shape index (κ3) is 4.92. The fourth-order valence-corrected chi connectivity index (χ4v) is 3.87. The Hall–Kier alpha value is -2.51. The molecule has 0 aliphatic rings. The molecule has 0 saturated heterocycles. The Balaban J connectivity index is 2.05. The van der Waals surface area contributed by atoms with Gasteiger partial charge in [0.05, 0.1) is 10.9 Å². The Bertz CT molecular complexity index is 1070. The number of thiazole rings is 1. The van der Waals surface area contributed by atoms with Crippen LogP contribution < -0.4 is 15.9 Å². The van der Waals surface area contributed by atoms with Crippen LogP contribution in [0.5, 0.6) is 5.75 Å². The van der Waals surface area contributed by atoms with Crippen molar-refractivity contribution in [1.29, 1.82) is 0 Å². The lowest BCUT2D eigenvalue weighted by atomic mass is 10.0. The molecule has 0 radical (unpaired) electrons. The van der Waals surface area contributed by atoms with E-state index >= 15 is 0 Å². The second-order valence-electron chi connectivity index (χ2n) is 7.36. The van der Waals surface area contributed by atoms with Crippen molar-refractivity contribution in [2.75, 3.05) is 0 Å². The molecule has 0 aliphatic carbocycles. The Kier molecular flexibility index (Phi) is 6.82. The highest BCUT2D eigenvalue weighted by molar-refractivity contribution is 7.13. The summed E-state index contributed by atoms with van der Waals surface area (Å²) in [5, 5.41) is 3.02. The number of carbonyl (C=O) groups is 1. The van der Waals surface area contributed by atoms with Crippen LogP contribution in [0.3, 0.4) is 0 Å². The molecule has 154 valence electrons. The molecule has 0 saturated carbocycles. The van der Waals surface area contributed by atoms with Crippen LogP contribution in [0.25, 0.3) is 21.5 Å². The molecule has 2 heterocycles. The maximum atomic E-state index is 13.1. The number of hydrogen-bond acceptors (Lipinski definition) is 6. The molecule has 0 unspecified atom stereocenters. The van der Waals surface area contributed by atoms with Crippen LogP contribution in [-0.2, 0) is 11.2 Å². The van der Waals surface area contributed by atoms with E-state index in [-0.39, 0.29) is 5.43 Å². The van der Waals surface area contributed by atoms with Gasteiger partial charge in [-0.2, -0.15) is 0 Å². The van der Waals surface area contributed by atoms with Gasteiger partial charge in [0.25, 0.3) is 0 Å². The summed E-state index contributed by atoms with van der Waals surface area (Å²) in [5.74, 6) is 0.0341. The first-order valence-electron chi connectivity index (χ1n) is 9.96. The smallest absolute Gasteiger partial charge is 0.369 e. The van der Waals surface area contributed by atoms with Gasteiger partial charge in [0.15, 0.2) is 6.04 Å². The standard InChI is InChI=1S/C22H26N2O4S/c1-4-5-6-7-8-15-9-16-19(10-18(15)28-22(26)14(3)23)27-11-17(20(16)25)21-24-13(2)12-29-21/h9-12,14H,4-8,23H2,1-3H3/p+1/t14-/m0/s1. The molecule has 7 heteroatoms. The van der Waals surface area contributed by atoms with E-state index in [1.807, 2.05) is 12.3 Å². The van der Waals surface area contributed by atoms with Gasteiger partial charge in [-0.1, -0.05) is 26.2 Å². The minimum atomic E-state index is -0.485. The summed E-state index contributed by atoms with van der Waals surface area (Å²) >= 11 is 1.42. The zero-order chi connectivity index (χ0) is 21.0. The predicted molar refractivity (Wildman–Crippen MR) is 114 cm³/mol. The molecule has 0 amide bonds. The van der Waals surface area contributed by atoms with Crippen LogP contribution in [0, 0.1) is 6.92 Å². The summed E-state index contributed by atoms with van der Waals surface area (Å²) in [7, 11) is 0. The van der Waals surface area contributed by atoms with E-state index in [1.54, 1.807) is 19.1 Å². The maximum absolute atomic E-state index is 13.1. The largest absolute Gasteiger partial charge is 0.463 e. The average Bonchev–Trinajstić information content (AvgIpc) is 3.12. The molecule has 3 rings (SSSR count). The van der Waals surface area contributed by atoms with Gasteiger partial charge in [-0.05, 0) is 38.3 Å². The SMILES string of the molecule is CCCCCCc1cc2c(=O)c(-c3nc(C)cs3)coc2cc1OC(=O)[C@H](C)[NH3+]. The number of esters is 1. The number of benzene rings is 1. The molecule has 0 bridgehead atoms. The van der Waals surface area contributed by atoms with Gasteiger partial charge in [0.2, 0.25) is 5.43 Å². The fraction of sp³-hybridized carbons (Fsp3) is 0.409. The fourth-order valence-electron chi connectivity index (χ4n) is 3.07. The van der Waals surface area contributed by atoms with Crippen LogP contribution in [0.1, 0.15) is 50.8 Å². The van der Waals surface area contributed by atoms with Crippen molar-refractivity contribution in [3.63, 3.8) is 0 Å². The van der Waals surface area contributed by atoms with Crippen LogP contribution in [0.2, 0.25) is 0 Å². The minimum absolute atomic E-state index is 0.126. The van der Waals surface area contributed by atoms with Crippen molar-refractivity contribution in [3.05, 3.63) is 45.3 Å². The van der Waals surface area contributed by atoms with Crippen molar-refractivity contribution < 1.29 is 19.7 Å². The summed E-state index contributed by atoms with van der Waals surface area (Å²) < 4.78 is 11.3. The van der Waals surface area contributed by atoms with Gasteiger partial charge in [-0.3, -0.25) is 4.79 Å². The molecule has 0 fully saturated rings. The van der Waals surface area contributed by atoms with Crippen LogP contribution in [0.15, 0.2) is 33.0 Å². The zero-order valence-electron chi connectivity index (χ0n) is 17.1. The second kappa shape index (κ2) is 9.33. The van der Waals surface area contributed by atoms with E-state index in [4.69, 9.17) is 9.15 Å². The molecule has 1 aromatic carbocycles. The van der Waals surface area contributed by atoms with Crippen molar-refractivity contribution in [1.82, 2.24) is 4.98 Å². The van der Waals surface area contributed by atoms with Gasteiger partial charge in [-0.25, -0.2) is 9.78 Å². The first-order chi connectivity index (χ1) is 13.9. The van der Waals surface area contributed by atoms with Gasteiger partial charge in [0, 0.05) is 17.1 Å². The summed E-state index contributed by atoms with van der Waals surface area (Å²) in [5.41, 5.74) is 6.14. The Labute approximate surface area is 173 Å². The number of rotatable bonds is 8. The molecule has 1 atom stereocenters. The summed E-state index contributed by atoms with van der Waals surface area (Å²) in [6.45, 7) is 5.74. The number of carbonyl (C=O) groups excluding carboxylic acids is 1. The quantitative estimate of drug-likeness (QED) is 0.342. The first kappa shape index (κ1) is 21.2. The van der Waals surface area contributed by atoms with E-state index in [1.165, 1.54) is 17.6 Å². The van der Waals surface area contributed by atoms with E-state index in [0.29, 0.717) is 27.3 Å². The molecule has 0 aliphatic heterocycles. The van der Waals surface area contributed by atoms with Crippen molar-refractivity contribution in [2.24, 2.45) is 0 Å². The lowest BCUT2D eigenvalue weighted by Crippen LogP contribution is -2.64. The highest BCUT2D eigenvalue weighted by atomic mass is 32.1. The maximum Gasteiger partial charge on any atom is 0.369 e. The number of hydrogen-bond donors (Lipinski definition) is 1. The third-order valence-electron chi connectivity index (χ3n) is 4.72. The van der Waals surface area contributed by atoms with Gasteiger partial charge < -0.3 is 14.9 Å². The summed E-state index contributed by atoms with van der Waals surface area (Å²) in [6.07, 6.45) is 6.48. The monoisotopic (exact) mass is 415 g/mol. The highest BCUT2D eigenvalue weighted by Crippen LogP contribution is 2.29. The zero-order valence-corrected chi connectivity index (χ0v) is 17.9. The minimum Gasteiger partial charge on any atom is -0.463 e. The summed E-state index contributed by atoms with van der Waals surface area (Å²) in [4.78, 5) is 29.6. The summed E-state index contributed by atoms with van der Waals surface area (Å²) in [6, 6.07) is 2.96. The van der Waals surface area contributed by atoms with Gasteiger partial charge >= 0.3 is 5.97 Å². The molecule has 2 aromatic heterocycles. The lowest BCUT2D eigenvalue weighted by Gasteiger charge is -2.12. The molecule has 6 nitrogen and oxygen atoms in total. The van der Waals surface area contributed by atoms with Crippen LogP contribution in [0.4, 0.5) is 0 Å². The van der Waals surface area contributed by atoms with Crippen molar-refractivity contribution in [2.45, 2.75) is 58.9 Å². The number of quaternary nitrogens is 1. The van der Waals surface area contributed by atoms with E-state index in [9.17, 15) is 9.59 Å². The van der Waals surface area contributed by atoms with E-state index in [0.717, 1.165) is 43.4 Å². The van der Waals surface area contributed by atoms with Gasteiger partial charge in [-0.15, -0.1) is 11.3 Å². The van der Waals surface area contributed by atoms with Crippen LogP contribution >= 0.6 is 11.3 Å². The normalized spacial score (nSPS) is 12.3. The lowest BCUT2D eigenvalue weighted by molar-refractivity contribution is -0.401. The van der Waals surface area contributed by atoms with Gasteiger partial charge in [0.1, 0.15) is 22.6 Å². The second-order valence-corrected chi connectivity index (χ2v) is 8.22. The Morgan fingerprint density at radius 1 is 1.31 bits per heavy atom. The number of fused-ring (bicyclic) bond motifs is 1. The molecule has 3 aromatic rings. The highest BCUT2D eigenvalue weighted by Gasteiger charge is 2.19. The predicted octanol–water partition coefficient (Wildman–Crippen LogP) is 3.88. The molecule has 29 heavy (non-hydrogen) atoms. The van der Waals surface area contributed by atoms with Crippen LogP contribution in [-0.4, -0.2) is 17.0 Å².